The highest BCUT2D eigenvalue weighted by Gasteiger charge is 1.99. The van der Waals surface area contributed by atoms with Crippen LogP contribution in [0.15, 0.2) is 23.0 Å². The Morgan fingerprint density at radius 3 is 2.92 bits per heavy atom. The van der Waals surface area contributed by atoms with E-state index in [1.807, 2.05) is 0 Å². The van der Waals surface area contributed by atoms with Crippen molar-refractivity contribution >= 4 is 10.9 Å². The van der Waals surface area contributed by atoms with Crippen LogP contribution in [-0.4, -0.2) is 15.3 Å². The summed E-state index contributed by atoms with van der Waals surface area (Å²) >= 11 is 0. The lowest BCUT2D eigenvalue weighted by Gasteiger charge is -1.93. The third kappa shape index (κ3) is 0.931. The van der Waals surface area contributed by atoms with Crippen LogP contribution in [0.25, 0.3) is 10.9 Å². The number of hydrogen-bond donors (Lipinski definition) is 3. The van der Waals surface area contributed by atoms with Crippen molar-refractivity contribution in [3.63, 3.8) is 0 Å². The van der Waals surface area contributed by atoms with Crippen LogP contribution in [0.4, 0.5) is 0 Å². The summed E-state index contributed by atoms with van der Waals surface area (Å²) in [4.78, 5) is 11.0. The van der Waals surface area contributed by atoms with Gasteiger partial charge in [0.25, 0.3) is 5.56 Å². The van der Waals surface area contributed by atoms with E-state index in [-0.39, 0.29) is 12.2 Å². The molecule has 1 aromatic carbocycles. The average molecular weight is 164 g/mol. The summed E-state index contributed by atoms with van der Waals surface area (Å²) in [5.74, 6) is 0. The van der Waals surface area contributed by atoms with Gasteiger partial charge in [-0.15, -0.1) is 0 Å². The highest BCUT2D eigenvalue weighted by atomic mass is 16.3. The number of nitrogens with one attached hydrogen (secondary N) is 2. The van der Waals surface area contributed by atoms with Gasteiger partial charge in [-0.05, 0) is 17.7 Å². The number of H-pyrrole nitrogens is 2. The molecule has 2 aromatic rings. The lowest BCUT2D eigenvalue weighted by Crippen LogP contribution is -1.96. The lowest BCUT2D eigenvalue weighted by molar-refractivity contribution is 0.282. The molecule has 0 amide bonds. The van der Waals surface area contributed by atoms with Crippen molar-refractivity contribution in [3.8, 4) is 0 Å². The molecule has 4 nitrogen and oxygen atoms in total. The molecule has 1 aromatic heterocycles. The molecule has 12 heavy (non-hydrogen) atoms. The van der Waals surface area contributed by atoms with E-state index in [1.165, 1.54) is 0 Å². The van der Waals surface area contributed by atoms with E-state index in [2.05, 4.69) is 10.2 Å². The number of aliphatic hydroxyl groups excluding tert-OH is 1. The summed E-state index contributed by atoms with van der Waals surface area (Å²) in [6, 6.07) is 5.16. The molecule has 0 radical (unpaired) electrons. The molecule has 0 aliphatic heterocycles. The standard InChI is InChI=1S/C8H8N2O2/c11-4-5-1-2-6-7(3-5)9-10-8(6)12/h1-3,11H,4H2,(H2,9,10,12). The number of hydrogen-bond acceptors (Lipinski definition) is 2. The normalized spacial score (nSPS) is 10.8. The number of aliphatic hydroxyl groups is 1. The molecule has 2 rings (SSSR count). The first-order chi connectivity index (χ1) is 5.81. The second kappa shape index (κ2) is 2.49. The first kappa shape index (κ1) is 7.12. The molecule has 0 unspecified atom stereocenters. The molecular formula is C8H8N2O2. The molecule has 0 aliphatic rings. The maximum atomic E-state index is 11.0. The number of fused-ring (bicyclic) bond motifs is 1. The minimum atomic E-state index is -0.130. The SMILES string of the molecule is O=c1[nH][nH]c2cc(CO)ccc12. The van der Waals surface area contributed by atoms with Crippen LogP contribution in [0.1, 0.15) is 5.56 Å². The van der Waals surface area contributed by atoms with Crippen LogP contribution in [0, 0.1) is 0 Å². The molecule has 0 spiro atoms. The predicted octanol–water partition coefficient (Wildman–Crippen LogP) is 0.349. The van der Waals surface area contributed by atoms with Crippen LogP contribution < -0.4 is 5.56 Å². The van der Waals surface area contributed by atoms with E-state index in [4.69, 9.17) is 5.11 Å². The van der Waals surface area contributed by atoms with E-state index in [9.17, 15) is 4.79 Å². The van der Waals surface area contributed by atoms with Crippen molar-refractivity contribution in [2.45, 2.75) is 6.61 Å². The molecule has 0 saturated heterocycles. The zero-order valence-corrected chi connectivity index (χ0v) is 6.29. The van der Waals surface area contributed by atoms with Gasteiger partial charge in [0.15, 0.2) is 0 Å². The molecule has 62 valence electrons. The molecule has 0 atom stereocenters. The summed E-state index contributed by atoms with van der Waals surface area (Å²) in [5, 5.41) is 14.6. The summed E-state index contributed by atoms with van der Waals surface area (Å²) < 4.78 is 0. The Balaban J connectivity index is 2.77. The Morgan fingerprint density at radius 1 is 1.33 bits per heavy atom. The molecule has 4 heteroatoms. The summed E-state index contributed by atoms with van der Waals surface area (Å²) in [6.07, 6.45) is 0. The van der Waals surface area contributed by atoms with Crippen molar-refractivity contribution in [1.82, 2.24) is 10.2 Å². The molecule has 3 N–H and O–H groups in total. The quantitative estimate of drug-likeness (QED) is 0.569. The topological polar surface area (TPSA) is 68.9 Å². The predicted molar refractivity (Wildman–Crippen MR) is 44.8 cm³/mol. The second-order valence-corrected chi connectivity index (χ2v) is 2.62. The van der Waals surface area contributed by atoms with Crippen LogP contribution in [0.2, 0.25) is 0 Å². The molecule has 0 bridgehead atoms. The van der Waals surface area contributed by atoms with Gasteiger partial charge in [0.05, 0.1) is 17.5 Å². The van der Waals surface area contributed by atoms with E-state index in [0.717, 1.165) is 11.1 Å². The van der Waals surface area contributed by atoms with Gasteiger partial charge in [-0.3, -0.25) is 15.0 Å². The zero-order chi connectivity index (χ0) is 8.55. The molecular weight excluding hydrogens is 156 g/mol. The third-order valence-electron chi connectivity index (χ3n) is 1.82. The summed E-state index contributed by atoms with van der Waals surface area (Å²) in [5.41, 5.74) is 1.39. The van der Waals surface area contributed by atoms with Crippen molar-refractivity contribution in [3.05, 3.63) is 34.1 Å². The Morgan fingerprint density at radius 2 is 2.17 bits per heavy atom. The smallest absolute Gasteiger partial charge is 0.271 e. The van der Waals surface area contributed by atoms with E-state index < -0.39 is 0 Å². The summed E-state index contributed by atoms with van der Waals surface area (Å²) in [7, 11) is 0. The Labute approximate surface area is 67.8 Å². The monoisotopic (exact) mass is 164 g/mol. The average Bonchev–Trinajstić information content (AvgIpc) is 2.47. The molecule has 0 saturated carbocycles. The van der Waals surface area contributed by atoms with Gasteiger partial charge in [0.1, 0.15) is 0 Å². The Bertz CT molecular complexity index is 455. The van der Waals surface area contributed by atoms with Gasteiger partial charge in [-0.1, -0.05) is 6.07 Å². The maximum absolute atomic E-state index is 11.0. The van der Waals surface area contributed by atoms with Crippen LogP contribution in [0.3, 0.4) is 0 Å². The van der Waals surface area contributed by atoms with Gasteiger partial charge in [-0.25, -0.2) is 0 Å². The third-order valence-corrected chi connectivity index (χ3v) is 1.82. The molecule has 0 fully saturated rings. The van der Waals surface area contributed by atoms with Crippen molar-refractivity contribution in [2.75, 3.05) is 0 Å². The number of aromatic amines is 2. The fraction of sp³-hybridized carbons (Fsp3) is 0.125. The van der Waals surface area contributed by atoms with Crippen molar-refractivity contribution in [1.29, 1.82) is 0 Å². The van der Waals surface area contributed by atoms with Gasteiger partial charge >= 0.3 is 0 Å². The van der Waals surface area contributed by atoms with Crippen LogP contribution >= 0.6 is 0 Å². The van der Waals surface area contributed by atoms with Crippen molar-refractivity contribution in [2.24, 2.45) is 0 Å². The number of rotatable bonds is 1. The first-order valence-electron chi connectivity index (χ1n) is 3.61. The second-order valence-electron chi connectivity index (χ2n) is 2.62. The fourth-order valence-corrected chi connectivity index (χ4v) is 1.18. The van der Waals surface area contributed by atoms with Crippen LogP contribution in [-0.2, 0) is 6.61 Å². The number of aromatic nitrogens is 2. The minimum Gasteiger partial charge on any atom is -0.392 e. The van der Waals surface area contributed by atoms with Crippen molar-refractivity contribution < 1.29 is 5.11 Å². The first-order valence-corrected chi connectivity index (χ1v) is 3.61. The van der Waals surface area contributed by atoms with Gasteiger partial charge in [0, 0.05) is 0 Å². The van der Waals surface area contributed by atoms with Gasteiger partial charge in [0.2, 0.25) is 0 Å². The summed E-state index contributed by atoms with van der Waals surface area (Å²) in [6.45, 7) is -0.0108. The highest BCUT2D eigenvalue weighted by molar-refractivity contribution is 5.78. The fourth-order valence-electron chi connectivity index (χ4n) is 1.18. The van der Waals surface area contributed by atoms with E-state index >= 15 is 0 Å². The van der Waals surface area contributed by atoms with Gasteiger partial charge < -0.3 is 5.11 Å². The van der Waals surface area contributed by atoms with Gasteiger partial charge in [-0.2, -0.15) is 0 Å². The molecule has 1 heterocycles. The number of benzene rings is 1. The van der Waals surface area contributed by atoms with E-state index in [1.54, 1.807) is 18.2 Å². The van der Waals surface area contributed by atoms with E-state index in [0.29, 0.717) is 5.39 Å². The van der Waals surface area contributed by atoms with Crippen LogP contribution in [0.5, 0.6) is 0 Å². The largest absolute Gasteiger partial charge is 0.392 e. The Hall–Kier alpha value is -1.55. The zero-order valence-electron chi connectivity index (χ0n) is 6.29. The Kier molecular flexibility index (Phi) is 1.48. The maximum Gasteiger partial charge on any atom is 0.271 e. The lowest BCUT2D eigenvalue weighted by atomic mass is 10.2. The highest BCUT2D eigenvalue weighted by Crippen LogP contribution is 2.08. The minimum absolute atomic E-state index is 0.0108. The molecule has 0 aliphatic carbocycles.